The SMILES string of the molecule is CC[Si](CC)(CC)O[C@@H]1[C@@H](COCc2ccc(OC)cc2)OC(=O)[C@@]1(C)O. The molecule has 6 nitrogen and oxygen atoms in total. The number of carbonyl (C=O) groups excluding carboxylic acids is 1. The third kappa shape index (κ3) is 4.90. The van der Waals surface area contributed by atoms with Gasteiger partial charge in [0.2, 0.25) is 0 Å². The Morgan fingerprint density at radius 2 is 1.74 bits per heavy atom. The van der Waals surface area contributed by atoms with Gasteiger partial charge < -0.3 is 23.7 Å². The van der Waals surface area contributed by atoms with E-state index in [2.05, 4.69) is 20.8 Å². The highest BCUT2D eigenvalue weighted by Gasteiger charge is 2.56. The van der Waals surface area contributed by atoms with E-state index in [4.69, 9.17) is 18.6 Å². The third-order valence-corrected chi connectivity index (χ3v) is 10.2. The fourth-order valence-electron chi connectivity index (χ4n) is 3.39. The molecule has 0 saturated carbocycles. The molecule has 1 aliphatic rings. The van der Waals surface area contributed by atoms with Gasteiger partial charge in [-0.25, -0.2) is 4.79 Å². The lowest BCUT2D eigenvalue weighted by atomic mass is 9.99. The number of hydrogen-bond acceptors (Lipinski definition) is 6. The number of hydrogen-bond donors (Lipinski definition) is 1. The van der Waals surface area contributed by atoms with Crippen LogP contribution in [0.2, 0.25) is 18.1 Å². The molecule has 1 fully saturated rings. The maximum Gasteiger partial charge on any atom is 0.341 e. The van der Waals surface area contributed by atoms with Crippen LogP contribution in [0.4, 0.5) is 0 Å². The van der Waals surface area contributed by atoms with Gasteiger partial charge in [-0.1, -0.05) is 32.9 Å². The molecule has 1 aromatic rings. The monoisotopic (exact) mass is 396 g/mol. The lowest BCUT2D eigenvalue weighted by Crippen LogP contribution is -2.52. The van der Waals surface area contributed by atoms with E-state index in [9.17, 15) is 9.90 Å². The summed E-state index contributed by atoms with van der Waals surface area (Å²) in [5, 5.41) is 10.7. The normalized spacial score (nSPS) is 25.5. The molecular weight excluding hydrogens is 364 g/mol. The average Bonchev–Trinajstić information content (AvgIpc) is 2.89. The first-order valence-corrected chi connectivity index (χ1v) is 12.2. The summed E-state index contributed by atoms with van der Waals surface area (Å²) in [4.78, 5) is 12.2. The minimum Gasteiger partial charge on any atom is -0.497 e. The van der Waals surface area contributed by atoms with Gasteiger partial charge in [0.1, 0.15) is 11.9 Å². The van der Waals surface area contributed by atoms with Gasteiger partial charge in [-0.15, -0.1) is 0 Å². The molecule has 0 unspecified atom stereocenters. The van der Waals surface area contributed by atoms with Crippen LogP contribution in [0.15, 0.2) is 24.3 Å². The summed E-state index contributed by atoms with van der Waals surface area (Å²) in [5.41, 5.74) is -0.657. The van der Waals surface area contributed by atoms with Crippen molar-refractivity contribution in [2.24, 2.45) is 0 Å². The summed E-state index contributed by atoms with van der Waals surface area (Å²) >= 11 is 0. The highest BCUT2D eigenvalue weighted by Crippen LogP contribution is 2.34. The molecule has 27 heavy (non-hydrogen) atoms. The topological polar surface area (TPSA) is 74.2 Å². The van der Waals surface area contributed by atoms with E-state index in [1.807, 2.05) is 24.3 Å². The van der Waals surface area contributed by atoms with Crippen molar-refractivity contribution in [2.45, 2.75) is 70.2 Å². The summed E-state index contributed by atoms with van der Waals surface area (Å²) in [6, 6.07) is 10.4. The van der Waals surface area contributed by atoms with Crippen LogP contribution in [-0.4, -0.2) is 50.9 Å². The smallest absolute Gasteiger partial charge is 0.341 e. The fraction of sp³-hybridized carbons (Fsp3) is 0.650. The summed E-state index contributed by atoms with van der Waals surface area (Å²) in [5.74, 6) is 0.143. The minimum atomic E-state index is -2.02. The summed E-state index contributed by atoms with van der Waals surface area (Å²) in [6.07, 6.45) is -1.31. The second-order valence-electron chi connectivity index (χ2n) is 7.24. The van der Waals surface area contributed by atoms with E-state index in [1.54, 1.807) is 7.11 Å². The maximum absolute atomic E-state index is 12.2. The van der Waals surface area contributed by atoms with Gasteiger partial charge in [-0.3, -0.25) is 0 Å². The Bertz CT molecular complexity index is 603. The molecule has 0 aliphatic carbocycles. The van der Waals surface area contributed by atoms with Crippen molar-refractivity contribution in [1.82, 2.24) is 0 Å². The molecule has 0 radical (unpaired) electrons. The molecule has 2 rings (SSSR count). The van der Waals surface area contributed by atoms with Crippen molar-refractivity contribution in [3.8, 4) is 5.75 Å². The standard InChI is InChI=1S/C20H32O6Si/c1-6-27(7-2,8-3)26-18-17(25-19(21)20(18,4)22)14-24-13-15-9-11-16(23-5)12-10-15/h9-12,17-18,22H,6-8,13-14H2,1-5H3/t17-,18-,20+/m1/s1. The molecule has 0 aromatic heterocycles. The average molecular weight is 397 g/mol. The number of benzene rings is 1. The number of methoxy groups -OCH3 is 1. The van der Waals surface area contributed by atoms with Crippen LogP contribution >= 0.6 is 0 Å². The van der Waals surface area contributed by atoms with Crippen LogP contribution in [0.25, 0.3) is 0 Å². The van der Waals surface area contributed by atoms with Crippen molar-refractivity contribution in [1.29, 1.82) is 0 Å². The molecule has 1 saturated heterocycles. The Kier molecular flexibility index (Phi) is 7.45. The van der Waals surface area contributed by atoms with Gasteiger partial charge in [0.25, 0.3) is 0 Å². The van der Waals surface area contributed by atoms with Gasteiger partial charge in [-0.05, 0) is 42.8 Å². The zero-order valence-corrected chi connectivity index (χ0v) is 18.0. The van der Waals surface area contributed by atoms with Crippen molar-refractivity contribution in [3.63, 3.8) is 0 Å². The van der Waals surface area contributed by atoms with Gasteiger partial charge in [0, 0.05) is 0 Å². The van der Waals surface area contributed by atoms with E-state index < -0.39 is 32.1 Å². The Balaban J connectivity index is 2.03. The van der Waals surface area contributed by atoms with Crippen molar-refractivity contribution in [2.75, 3.05) is 13.7 Å². The molecule has 1 N–H and O–H groups in total. The van der Waals surface area contributed by atoms with E-state index in [-0.39, 0.29) is 6.61 Å². The first kappa shape index (κ1) is 21.9. The van der Waals surface area contributed by atoms with Crippen LogP contribution in [0, 0.1) is 0 Å². The van der Waals surface area contributed by atoms with Crippen molar-refractivity contribution >= 4 is 14.3 Å². The number of esters is 1. The predicted molar refractivity (Wildman–Crippen MR) is 105 cm³/mol. The Labute approximate surface area is 162 Å². The maximum atomic E-state index is 12.2. The second kappa shape index (κ2) is 9.19. The van der Waals surface area contributed by atoms with Crippen LogP contribution in [0.5, 0.6) is 5.75 Å². The zero-order chi connectivity index (χ0) is 20.1. The number of cyclic esters (lactones) is 1. The molecule has 0 spiro atoms. The molecule has 7 heteroatoms. The number of rotatable bonds is 10. The van der Waals surface area contributed by atoms with Gasteiger partial charge in [0.15, 0.2) is 20.0 Å². The fourth-order valence-corrected chi connectivity index (χ4v) is 6.31. The van der Waals surface area contributed by atoms with Crippen LogP contribution in [0.1, 0.15) is 33.3 Å². The Hall–Kier alpha value is -1.41. The lowest BCUT2D eigenvalue weighted by Gasteiger charge is -2.36. The number of carbonyl (C=O) groups is 1. The first-order valence-electron chi connectivity index (χ1n) is 9.63. The first-order chi connectivity index (χ1) is 12.8. The molecule has 0 bridgehead atoms. The number of aliphatic hydroxyl groups is 1. The highest BCUT2D eigenvalue weighted by molar-refractivity contribution is 6.73. The van der Waals surface area contributed by atoms with Crippen molar-refractivity contribution in [3.05, 3.63) is 29.8 Å². The van der Waals surface area contributed by atoms with Crippen LogP contribution < -0.4 is 4.74 Å². The minimum absolute atomic E-state index is 0.181. The van der Waals surface area contributed by atoms with E-state index >= 15 is 0 Å². The molecule has 152 valence electrons. The molecular formula is C20H32O6Si. The second-order valence-corrected chi connectivity index (χ2v) is 12.0. The Morgan fingerprint density at radius 3 is 2.26 bits per heavy atom. The van der Waals surface area contributed by atoms with Crippen molar-refractivity contribution < 1.29 is 28.5 Å². The van der Waals surface area contributed by atoms with Gasteiger partial charge in [0.05, 0.1) is 20.3 Å². The third-order valence-electron chi connectivity index (χ3n) is 5.58. The largest absolute Gasteiger partial charge is 0.497 e. The summed E-state index contributed by atoms with van der Waals surface area (Å²) in [7, 11) is -0.395. The highest BCUT2D eigenvalue weighted by atomic mass is 28.4. The Morgan fingerprint density at radius 1 is 1.15 bits per heavy atom. The van der Waals surface area contributed by atoms with E-state index in [1.165, 1.54) is 6.92 Å². The quantitative estimate of drug-likeness (QED) is 0.483. The molecule has 1 aliphatic heterocycles. The van der Waals surface area contributed by atoms with Crippen LogP contribution in [-0.2, 0) is 25.3 Å². The summed E-state index contributed by atoms with van der Waals surface area (Å²) < 4.78 is 22.7. The lowest BCUT2D eigenvalue weighted by molar-refractivity contribution is -0.155. The van der Waals surface area contributed by atoms with E-state index in [0.717, 1.165) is 29.4 Å². The molecule has 3 atom stereocenters. The molecule has 1 aromatic carbocycles. The molecule has 0 amide bonds. The van der Waals surface area contributed by atoms with E-state index in [0.29, 0.717) is 6.61 Å². The predicted octanol–water partition coefficient (Wildman–Crippen LogP) is 3.28. The summed E-state index contributed by atoms with van der Waals surface area (Å²) in [6.45, 7) is 8.37. The van der Waals surface area contributed by atoms with Crippen LogP contribution in [0.3, 0.4) is 0 Å². The number of ether oxygens (including phenoxy) is 3. The van der Waals surface area contributed by atoms with Gasteiger partial charge >= 0.3 is 5.97 Å². The van der Waals surface area contributed by atoms with Gasteiger partial charge in [-0.2, -0.15) is 0 Å². The molecule has 1 heterocycles. The zero-order valence-electron chi connectivity index (χ0n) is 17.0.